The van der Waals surface area contributed by atoms with Crippen molar-refractivity contribution < 1.29 is 89.0 Å². The standard InChI is InChI=1S/C63H101N27O20P4/c1-42-24-87(48(93)23-47(42)92)50-30-84(112(97,78(4)5)105-35-44-26-85(31-51(109-44)89-40-73-54-57(65)69-38-71-59(54)89)113(98,79(6)7)104-33-43-25-80(8)29-49(107-43)88-39-72-53-56(64)68-37-70-58(53)88)27-45(108-50)36-106-114(99,82-11-9-67-10-12-82)86-28-46(110-52(32-86)90-41-74-55-60(90)75-62(66)76-61(55)94)34-103-111(96,77(2)3)83-15-13-81(14-16-83)63(95)102-22-21-101-20-19-100-18-17-91/h24,37-41,43-46,49-52,67,91H,9-23,25-36H2,1-8H3,(H2,64,68,70)(H2,65,69,71)(H3,66,75,76,94). The number of ether oxygens (including phenoxy) is 7. The molecule has 47 nitrogen and oxygen atoms in total. The maximum Gasteiger partial charge on any atom is 0.409 e. The molecule has 7 aliphatic heterocycles. The van der Waals surface area contributed by atoms with Crippen molar-refractivity contribution >= 4 is 99.5 Å². The number of nitrogens with zero attached hydrogens (tertiary/aromatic N) is 22. The average molecular weight is 1680 g/mol. The number of nitrogens with two attached hydrogens (primary N) is 3. The van der Waals surface area contributed by atoms with Gasteiger partial charge in [0.05, 0.1) is 129 Å². The second-order valence-corrected chi connectivity index (χ2v) is 38.9. The van der Waals surface area contributed by atoms with Crippen LogP contribution in [0.25, 0.3) is 33.5 Å². The number of anilines is 3. The Kier molecular flexibility index (Phi) is 27.2. The van der Waals surface area contributed by atoms with E-state index in [1.807, 2.05) is 11.9 Å². The van der Waals surface area contributed by atoms with Crippen LogP contribution in [-0.2, 0) is 79.1 Å². The molecule has 2 amide bonds. The molecule has 7 aliphatic rings. The van der Waals surface area contributed by atoms with Gasteiger partial charge < -0.3 is 83.8 Å². The molecule has 13 heterocycles. The van der Waals surface area contributed by atoms with Crippen molar-refractivity contribution in [2.75, 3.05) is 237 Å². The molecule has 0 saturated carbocycles. The lowest BCUT2D eigenvalue weighted by atomic mass is 10.1. The molecule has 6 fully saturated rings. The average Bonchev–Trinajstić information content (AvgIpc) is 1.21. The van der Waals surface area contributed by atoms with E-state index in [-0.39, 0.29) is 171 Å². The number of carbonyl (C=O) groups is 3. The summed E-state index contributed by atoms with van der Waals surface area (Å²) in [6, 6.07) is 0. The van der Waals surface area contributed by atoms with Gasteiger partial charge in [-0.2, -0.15) is 4.98 Å². The zero-order valence-corrected chi connectivity index (χ0v) is 68.3. The minimum absolute atomic E-state index is 0.0178. The van der Waals surface area contributed by atoms with Crippen LogP contribution in [0.5, 0.6) is 0 Å². The topological polar surface area (TPSA) is 518 Å². The van der Waals surface area contributed by atoms with Crippen LogP contribution in [0.4, 0.5) is 22.4 Å². The highest BCUT2D eigenvalue weighted by atomic mass is 31.2. The van der Waals surface area contributed by atoms with Crippen LogP contribution in [0, 0.1) is 0 Å². The maximum atomic E-state index is 16.8. The summed E-state index contributed by atoms with van der Waals surface area (Å²) < 4.78 is 152. The van der Waals surface area contributed by atoms with Crippen molar-refractivity contribution in [3.8, 4) is 0 Å². The SMILES string of the molecule is CC1=CN(C2CN(P(=O)(OCC3CN(P(=O)(OCC4CN(C)CC(n5cnc6c(N)ncnc65)O4)N(C)C)CC(n4cnc5c(N)ncnc54)O3)N(C)C)CC(COP(=O)(N3CCNCC3)N3CC(COP(=O)(N(C)C)N4CCN(C(=O)OCCOCCOCCO)CC4)OC(n4cnc5c(=O)[nH]c(N)nc54)C3)O2)C(=O)CC1=O. The number of hydrogen-bond acceptors (Lipinski definition) is 33. The summed E-state index contributed by atoms with van der Waals surface area (Å²) in [5.41, 5.74) is 19.6. The lowest BCUT2D eigenvalue weighted by molar-refractivity contribution is -0.164. The molecule has 0 aromatic carbocycles. The van der Waals surface area contributed by atoms with Crippen LogP contribution in [0.15, 0.2) is 48.2 Å². The highest BCUT2D eigenvalue weighted by Crippen LogP contribution is 2.60. The fourth-order valence-corrected chi connectivity index (χ4v) is 22.8. The number of nitrogens with one attached hydrogen (secondary N) is 2. The van der Waals surface area contributed by atoms with Gasteiger partial charge in [0.2, 0.25) is 11.9 Å². The summed E-state index contributed by atoms with van der Waals surface area (Å²) in [6.45, 7) is 2.36. The fraction of sp³-hybridized carbons (Fsp3) is 0.683. The second kappa shape index (κ2) is 36.5. The van der Waals surface area contributed by atoms with E-state index in [4.69, 9.17) is 73.6 Å². The lowest BCUT2D eigenvalue weighted by Crippen LogP contribution is -2.56. The molecule has 13 rings (SSSR count). The number of allylic oxidation sites excluding steroid dienone is 1. The number of hydrogen-bond donors (Lipinski definition) is 6. The zero-order valence-electron chi connectivity index (χ0n) is 64.7. The predicted molar refractivity (Wildman–Crippen MR) is 408 cm³/mol. The number of likely N-dealkylation sites (N-methyl/N-ethyl adjacent to an activating group) is 1. The Morgan fingerprint density at radius 3 is 1.56 bits per heavy atom. The number of aromatic amines is 1. The third-order valence-corrected chi connectivity index (χ3v) is 30.6. The van der Waals surface area contributed by atoms with Gasteiger partial charge in [-0.25, -0.2) is 77.0 Å². The Bertz CT molecular complexity index is 4680. The number of H-pyrrole nitrogens is 1. The number of amides is 2. The molecule has 0 aliphatic carbocycles. The number of fused-ring (bicyclic) bond motifs is 3. The zero-order chi connectivity index (χ0) is 81.0. The van der Waals surface area contributed by atoms with Crippen LogP contribution < -0.4 is 28.1 Å². The molecular weight excluding hydrogens is 1580 g/mol. The van der Waals surface area contributed by atoms with E-state index in [0.29, 0.717) is 43.0 Å². The summed E-state index contributed by atoms with van der Waals surface area (Å²) in [5.74, 6) is -0.914. The molecule has 0 radical (unpaired) electrons. The van der Waals surface area contributed by atoms with Gasteiger partial charge in [-0.15, -0.1) is 0 Å². The minimum atomic E-state index is -4.40. The van der Waals surface area contributed by atoms with Gasteiger partial charge in [-0.3, -0.25) is 61.1 Å². The van der Waals surface area contributed by atoms with E-state index >= 15 is 18.3 Å². The largest absolute Gasteiger partial charge is 0.447 e. The Balaban J connectivity index is 0.759. The van der Waals surface area contributed by atoms with Crippen molar-refractivity contribution in [1.29, 1.82) is 0 Å². The Morgan fingerprint density at radius 1 is 0.544 bits per heavy atom. The molecule has 114 heavy (non-hydrogen) atoms. The van der Waals surface area contributed by atoms with E-state index < -0.39 is 123 Å². The van der Waals surface area contributed by atoms with Gasteiger partial charge in [-0.1, -0.05) is 0 Å². The Labute approximate surface area is 655 Å². The lowest BCUT2D eigenvalue weighted by Gasteiger charge is -2.48. The van der Waals surface area contributed by atoms with Crippen molar-refractivity contribution in [2.24, 2.45) is 0 Å². The van der Waals surface area contributed by atoms with Gasteiger partial charge in [0, 0.05) is 96.9 Å². The van der Waals surface area contributed by atoms with Gasteiger partial charge in [0.15, 0.2) is 39.9 Å². The molecule has 628 valence electrons. The van der Waals surface area contributed by atoms with Gasteiger partial charge >= 0.3 is 36.8 Å². The van der Waals surface area contributed by atoms with Crippen LogP contribution >= 0.6 is 30.7 Å². The first-order valence-electron chi connectivity index (χ1n) is 37.2. The molecule has 9 N–H and O–H groups in total. The normalized spacial score (nSPS) is 26.2. The predicted octanol–water partition coefficient (Wildman–Crippen LogP) is -0.625. The first kappa shape index (κ1) is 85.0. The Morgan fingerprint density at radius 2 is 1.01 bits per heavy atom. The monoisotopic (exact) mass is 1680 g/mol. The van der Waals surface area contributed by atoms with Crippen LogP contribution in [-0.4, -0.2) is 384 Å². The van der Waals surface area contributed by atoms with Crippen molar-refractivity contribution in [3.05, 3.63) is 53.8 Å². The number of aromatic nitrogens is 12. The summed E-state index contributed by atoms with van der Waals surface area (Å²) in [4.78, 5) is 95.9. The Hall–Kier alpha value is -6.92. The van der Waals surface area contributed by atoms with E-state index in [1.165, 1.54) is 64.6 Å². The van der Waals surface area contributed by atoms with Crippen LogP contribution in [0.1, 0.15) is 32.0 Å². The van der Waals surface area contributed by atoms with E-state index in [0.717, 1.165) is 0 Å². The first-order chi connectivity index (χ1) is 54.6. The van der Waals surface area contributed by atoms with Crippen molar-refractivity contribution in [1.82, 2.24) is 116 Å². The molecule has 12 atom stereocenters. The highest BCUT2D eigenvalue weighted by molar-refractivity contribution is 7.55. The second-order valence-electron chi connectivity index (χ2n) is 28.7. The quantitative estimate of drug-likeness (QED) is 0.0174. The number of piperazine rings is 2. The third-order valence-electron chi connectivity index (χ3n) is 20.2. The molecule has 6 aromatic rings. The smallest absolute Gasteiger partial charge is 0.409 e. The summed E-state index contributed by atoms with van der Waals surface area (Å²) >= 11 is 0. The van der Waals surface area contributed by atoms with Gasteiger partial charge in [0.25, 0.3) is 5.56 Å². The third kappa shape index (κ3) is 18.5. The summed E-state index contributed by atoms with van der Waals surface area (Å²) in [5, 5.41) is 12.2. The molecule has 6 aromatic heterocycles. The molecule has 51 heteroatoms. The van der Waals surface area contributed by atoms with Crippen molar-refractivity contribution in [3.63, 3.8) is 0 Å². The van der Waals surface area contributed by atoms with Crippen LogP contribution in [0.3, 0.4) is 0 Å². The molecule has 0 bridgehead atoms. The summed E-state index contributed by atoms with van der Waals surface area (Å²) in [7, 11) is -5.33. The van der Waals surface area contributed by atoms with E-state index in [2.05, 4.69) is 50.2 Å². The number of imidazole rings is 3. The number of Topliss-reactive ketones (excluding diaryl/α,β-unsaturated/α-hetero) is 1. The van der Waals surface area contributed by atoms with Crippen molar-refractivity contribution in [2.45, 2.75) is 62.7 Å². The van der Waals surface area contributed by atoms with Gasteiger partial charge in [-0.05, 0) is 56.3 Å². The number of ketones is 1. The van der Waals surface area contributed by atoms with Crippen LogP contribution in [0.2, 0.25) is 0 Å². The van der Waals surface area contributed by atoms with E-state index in [1.54, 1.807) is 83.4 Å². The molecule has 0 spiro atoms. The fourth-order valence-electron chi connectivity index (χ4n) is 14.4. The summed E-state index contributed by atoms with van der Waals surface area (Å²) in [6.07, 6.45) is -0.579. The minimum Gasteiger partial charge on any atom is -0.447 e. The molecule has 6 saturated heterocycles. The number of aliphatic hydroxyl groups excluding tert-OH is 1. The number of aliphatic hydroxyl groups is 1. The first-order valence-corrected chi connectivity index (χ1v) is 43.3. The van der Waals surface area contributed by atoms with E-state index in [9.17, 15) is 19.2 Å². The molecule has 12 unspecified atom stereocenters. The van der Waals surface area contributed by atoms with Gasteiger partial charge in [0.1, 0.15) is 55.2 Å². The molecular formula is C63H101N27O20P4. The number of morpholine rings is 4. The number of rotatable bonds is 32. The maximum absolute atomic E-state index is 16.8. The number of nitrogen functional groups attached to an aromatic ring is 3. The number of carbonyl (C=O) groups excluding carboxylic acids is 3. The highest BCUT2D eigenvalue weighted by Gasteiger charge is 2.52.